The first-order valence-corrected chi connectivity index (χ1v) is 10.1. The zero-order chi connectivity index (χ0) is 17.6. The lowest BCUT2D eigenvalue weighted by molar-refractivity contribution is 0.602. The van der Waals surface area contributed by atoms with Crippen molar-refractivity contribution in [3.63, 3.8) is 0 Å². The van der Waals surface area contributed by atoms with E-state index in [2.05, 4.69) is 20.3 Å². The summed E-state index contributed by atoms with van der Waals surface area (Å²) in [6.45, 7) is 0. The molecule has 11 heteroatoms. The van der Waals surface area contributed by atoms with Crippen LogP contribution < -0.4 is 5.56 Å². The van der Waals surface area contributed by atoms with Crippen LogP contribution in [0.4, 0.5) is 4.39 Å². The van der Waals surface area contributed by atoms with Crippen LogP contribution >= 0.6 is 11.8 Å². The number of fused-ring (bicyclic) bond motifs is 1. The number of nitrogens with zero attached hydrogens (tertiary/aromatic N) is 4. The molecule has 4 rings (SSSR count). The van der Waals surface area contributed by atoms with Crippen LogP contribution in [0.2, 0.25) is 0 Å². The first-order chi connectivity index (χ1) is 11.9. The van der Waals surface area contributed by atoms with Crippen molar-refractivity contribution in [2.75, 3.05) is 11.5 Å². The summed E-state index contributed by atoms with van der Waals surface area (Å²) < 4.78 is 37.6. The summed E-state index contributed by atoms with van der Waals surface area (Å²) in [6.07, 6.45) is 0.538. The van der Waals surface area contributed by atoms with Gasteiger partial charge in [-0.3, -0.25) is 9.78 Å². The molecular weight excluding hydrogens is 369 g/mol. The third kappa shape index (κ3) is 3.16. The van der Waals surface area contributed by atoms with Gasteiger partial charge in [0.25, 0.3) is 11.3 Å². The molecule has 1 fully saturated rings. The highest BCUT2D eigenvalue weighted by molar-refractivity contribution is 8.01. The van der Waals surface area contributed by atoms with Crippen molar-refractivity contribution in [3.8, 4) is 11.3 Å². The third-order valence-electron chi connectivity index (χ3n) is 3.83. The lowest BCUT2D eigenvalue weighted by Gasteiger charge is -2.05. The molecule has 25 heavy (non-hydrogen) atoms. The molecule has 1 N–H and O–H groups in total. The number of hydrogen-bond donors (Lipinski definition) is 1. The summed E-state index contributed by atoms with van der Waals surface area (Å²) in [4.78, 5) is 14.8. The minimum atomic E-state index is -3.01. The number of thioether (sulfide) groups is 1. The Morgan fingerprint density at radius 2 is 2.00 bits per heavy atom. The van der Waals surface area contributed by atoms with E-state index in [0.717, 1.165) is 0 Å². The summed E-state index contributed by atoms with van der Waals surface area (Å²) in [7, 11) is -3.01. The highest BCUT2D eigenvalue weighted by Crippen LogP contribution is 2.29. The molecule has 3 aromatic rings. The fraction of sp³-hybridized carbons (Fsp3) is 0.286. The molecule has 0 bridgehead atoms. The van der Waals surface area contributed by atoms with Crippen LogP contribution in [0.25, 0.3) is 17.0 Å². The fourth-order valence-corrected chi connectivity index (χ4v) is 6.05. The van der Waals surface area contributed by atoms with E-state index in [4.69, 9.17) is 0 Å². The second kappa shape index (κ2) is 5.92. The molecule has 2 aromatic heterocycles. The van der Waals surface area contributed by atoms with Gasteiger partial charge in [0.05, 0.1) is 11.5 Å². The number of sulfone groups is 1. The Balaban J connectivity index is 1.74. The molecule has 1 aliphatic heterocycles. The van der Waals surface area contributed by atoms with Gasteiger partial charge in [0.15, 0.2) is 15.5 Å². The largest absolute Gasteiger partial charge is 0.288 e. The first kappa shape index (κ1) is 16.2. The maximum atomic E-state index is 13.1. The molecule has 1 aromatic carbocycles. The maximum Gasteiger partial charge on any atom is 0.279 e. The maximum absolute atomic E-state index is 13.1. The molecule has 1 aliphatic rings. The highest BCUT2D eigenvalue weighted by Gasteiger charge is 2.30. The zero-order valence-corrected chi connectivity index (χ0v) is 14.3. The Morgan fingerprint density at radius 1 is 1.24 bits per heavy atom. The van der Waals surface area contributed by atoms with Crippen molar-refractivity contribution in [1.82, 2.24) is 24.8 Å². The van der Waals surface area contributed by atoms with E-state index in [-0.39, 0.29) is 28.2 Å². The second-order valence-electron chi connectivity index (χ2n) is 5.67. The number of halogens is 1. The van der Waals surface area contributed by atoms with Crippen molar-refractivity contribution in [2.24, 2.45) is 0 Å². The lowest BCUT2D eigenvalue weighted by Crippen LogP contribution is -2.16. The van der Waals surface area contributed by atoms with Crippen LogP contribution in [-0.2, 0) is 9.84 Å². The minimum Gasteiger partial charge on any atom is -0.288 e. The van der Waals surface area contributed by atoms with Gasteiger partial charge in [-0.25, -0.2) is 12.8 Å². The Kier molecular flexibility index (Phi) is 3.84. The van der Waals surface area contributed by atoms with E-state index in [0.29, 0.717) is 17.1 Å². The number of hydrogen-bond acceptors (Lipinski definition) is 7. The van der Waals surface area contributed by atoms with Crippen molar-refractivity contribution in [3.05, 3.63) is 40.4 Å². The van der Waals surface area contributed by atoms with Crippen LogP contribution in [0.3, 0.4) is 0 Å². The smallest absolute Gasteiger partial charge is 0.279 e. The fourth-order valence-electron chi connectivity index (χ4n) is 2.61. The monoisotopic (exact) mass is 381 g/mol. The molecule has 0 spiro atoms. The van der Waals surface area contributed by atoms with Crippen LogP contribution in [0.15, 0.2) is 34.2 Å². The van der Waals surface area contributed by atoms with E-state index in [9.17, 15) is 17.6 Å². The number of benzene rings is 1. The van der Waals surface area contributed by atoms with Crippen molar-refractivity contribution in [1.29, 1.82) is 0 Å². The molecule has 1 unspecified atom stereocenters. The van der Waals surface area contributed by atoms with Crippen molar-refractivity contribution in [2.45, 2.75) is 16.8 Å². The highest BCUT2D eigenvalue weighted by atomic mass is 32.2. The number of nitrogens with one attached hydrogen (secondary N) is 1. The molecule has 0 aliphatic carbocycles. The quantitative estimate of drug-likeness (QED) is 0.718. The van der Waals surface area contributed by atoms with Gasteiger partial charge in [-0.15, -0.1) is 10.2 Å². The molecule has 130 valence electrons. The van der Waals surface area contributed by atoms with Crippen molar-refractivity contribution < 1.29 is 12.8 Å². The Labute approximate surface area is 145 Å². The standard InChI is InChI=1S/C14H12FN5O3S2/c15-9-3-1-8(2-4-9)11-12(21)16-13-17-18-14(20(13)19-11)24-10-5-6-25(22,23)7-10/h1-4,10H,5-7H2,(H,16,17,21). The molecule has 0 amide bonds. The van der Waals surface area contributed by atoms with Gasteiger partial charge in [-0.05, 0) is 30.7 Å². The van der Waals surface area contributed by atoms with Crippen LogP contribution in [0.1, 0.15) is 6.42 Å². The lowest BCUT2D eigenvalue weighted by atomic mass is 10.2. The molecule has 8 nitrogen and oxygen atoms in total. The van der Waals surface area contributed by atoms with Gasteiger partial charge in [0.2, 0.25) is 5.16 Å². The summed E-state index contributed by atoms with van der Waals surface area (Å²) in [6, 6.07) is 5.40. The summed E-state index contributed by atoms with van der Waals surface area (Å²) in [5.74, 6) is -0.00350. The van der Waals surface area contributed by atoms with E-state index < -0.39 is 21.2 Å². The SMILES string of the molecule is O=c1[nH]c2nnc(SC3CCS(=O)(=O)C3)n2nc1-c1ccc(F)cc1. The van der Waals surface area contributed by atoms with E-state index in [1.807, 2.05) is 0 Å². The van der Waals surface area contributed by atoms with Gasteiger partial charge in [0.1, 0.15) is 5.82 Å². The van der Waals surface area contributed by atoms with Gasteiger partial charge >= 0.3 is 0 Å². The first-order valence-electron chi connectivity index (χ1n) is 7.40. The molecule has 0 radical (unpaired) electrons. The molecule has 0 saturated carbocycles. The number of rotatable bonds is 3. The Bertz CT molecular complexity index is 1110. The average molecular weight is 381 g/mol. The molecule has 3 heterocycles. The van der Waals surface area contributed by atoms with Crippen molar-refractivity contribution >= 4 is 27.4 Å². The number of aromatic amines is 1. The third-order valence-corrected chi connectivity index (χ3v) is 7.01. The van der Waals surface area contributed by atoms with Crippen LogP contribution in [-0.4, -0.2) is 50.0 Å². The summed E-state index contributed by atoms with van der Waals surface area (Å²) >= 11 is 1.27. The predicted molar refractivity (Wildman–Crippen MR) is 89.7 cm³/mol. The van der Waals surface area contributed by atoms with E-state index in [1.165, 1.54) is 40.5 Å². The Hall–Kier alpha value is -2.27. The molecule has 1 saturated heterocycles. The normalized spacial score (nSPS) is 19.5. The second-order valence-corrected chi connectivity index (χ2v) is 9.17. The minimum absolute atomic E-state index is 0.0841. The van der Waals surface area contributed by atoms with Gasteiger partial charge in [-0.2, -0.15) is 9.61 Å². The summed E-state index contributed by atoms with van der Waals surface area (Å²) in [5, 5.41) is 12.4. The Morgan fingerprint density at radius 3 is 2.68 bits per heavy atom. The molecular formula is C14H12FN5O3S2. The summed E-state index contributed by atoms with van der Waals surface area (Å²) in [5.41, 5.74) is 0.0948. The van der Waals surface area contributed by atoms with Gasteiger partial charge in [-0.1, -0.05) is 11.8 Å². The average Bonchev–Trinajstić information content (AvgIpc) is 3.10. The molecule has 1 atom stereocenters. The number of aromatic nitrogens is 5. The van der Waals surface area contributed by atoms with Crippen LogP contribution in [0, 0.1) is 5.82 Å². The van der Waals surface area contributed by atoms with E-state index in [1.54, 1.807) is 0 Å². The van der Waals surface area contributed by atoms with Crippen LogP contribution in [0.5, 0.6) is 0 Å². The van der Waals surface area contributed by atoms with E-state index >= 15 is 0 Å². The zero-order valence-electron chi connectivity index (χ0n) is 12.7. The van der Waals surface area contributed by atoms with Gasteiger partial charge < -0.3 is 0 Å². The van der Waals surface area contributed by atoms with Gasteiger partial charge in [0, 0.05) is 10.8 Å². The topological polar surface area (TPSA) is 110 Å². The number of H-pyrrole nitrogens is 1. The predicted octanol–water partition coefficient (Wildman–Crippen LogP) is 0.898.